The van der Waals surface area contributed by atoms with Gasteiger partial charge in [0.15, 0.2) is 5.65 Å². The lowest BCUT2D eigenvalue weighted by molar-refractivity contribution is 0.0697. The van der Waals surface area contributed by atoms with Gasteiger partial charge in [-0.15, -0.1) is 0 Å². The molecule has 0 aliphatic heterocycles. The minimum absolute atomic E-state index is 0.187. The molecule has 0 fully saturated rings. The smallest absolute Gasteiger partial charge is 0.339 e. The van der Waals surface area contributed by atoms with Gasteiger partial charge in [0.2, 0.25) is 0 Å². The molecule has 0 bridgehead atoms. The van der Waals surface area contributed by atoms with E-state index in [9.17, 15) is 9.90 Å². The monoisotopic (exact) mass is 290 g/mol. The highest BCUT2D eigenvalue weighted by atomic mass is 16.4. The number of hydrogen-bond acceptors (Lipinski definition) is 4. The van der Waals surface area contributed by atoms with Crippen molar-refractivity contribution in [2.24, 2.45) is 12.5 Å². The minimum atomic E-state index is -0.981. The van der Waals surface area contributed by atoms with Crippen LogP contribution in [-0.2, 0) is 7.05 Å². The van der Waals surface area contributed by atoms with Crippen LogP contribution in [0.2, 0.25) is 0 Å². The first-order chi connectivity index (χ1) is 9.70. The number of carboxylic acid groups (broad SMARTS) is 1. The zero-order valence-corrected chi connectivity index (χ0v) is 13.2. The van der Waals surface area contributed by atoms with Crippen molar-refractivity contribution in [1.82, 2.24) is 14.8 Å². The Balaban J connectivity index is 2.47. The van der Waals surface area contributed by atoms with Gasteiger partial charge in [0.1, 0.15) is 5.56 Å². The predicted octanol–water partition coefficient (Wildman–Crippen LogP) is 2.82. The highest BCUT2D eigenvalue weighted by Crippen LogP contribution is 2.29. The second-order valence-electron chi connectivity index (χ2n) is 6.50. The number of nitrogens with one attached hydrogen (secondary N) is 1. The van der Waals surface area contributed by atoms with Crippen LogP contribution in [0.3, 0.4) is 0 Å². The van der Waals surface area contributed by atoms with Crippen LogP contribution in [0, 0.1) is 12.3 Å². The van der Waals surface area contributed by atoms with Gasteiger partial charge >= 0.3 is 5.97 Å². The van der Waals surface area contributed by atoms with E-state index in [2.05, 4.69) is 36.2 Å². The number of pyridine rings is 1. The van der Waals surface area contributed by atoms with Gasteiger partial charge in [-0.1, -0.05) is 20.8 Å². The number of anilines is 1. The van der Waals surface area contributed by atoms with E-state index >= 15 is 0 Å². The quantitative estimate of drug-likeness (QED) is 0.905. The molecule has 0 spiro atoms. The topological polar surface area (TPSA) is 80.0 Å². The number of carboxylic acids is 1. The SMILES string of the molecule is Cc1nn(C)c2ncc(C(=O)O)c(NCCC(C)(C)C)c12. The van der Waals surface area contributed by atoms with E-state index in [0.29, 0.717) is 17.9 Å². The van der Waals surface area contributed by atoms with Gasteiger partial charge in [0.05, 0.1) is 16.8 Å². The van der Waals surface area contributed by atoms with Crippen molar-refractivity contribution in [3.63, 3.8) is 0 Å². The molecule has 0 radical (unpaired) electrons. The molecule has 6 nitrogen and oxygen atoms in total. The maximum atomic E-state index is 11.4. The van der Waals surface area contributed by atoms with E-state index in [0.717, 1.165) is 17.5 Å². The lowest BCUT2D eigenvalue weighted by atomic mass is 9.92. The summed E-state index contributed by atoms with van der Waals surface area (Å²) in [5, 5.41) is 17.8. The van der Waals surface area contributed by atoms with Crippen LogP contribution in [0.4, 0.5) is 5.69 Å². The summed E-state index contributed by atoms with van der Waals surface area (Å²) in [6.45, 7) is 9.04. The lowest BCUT2D eigenvalue weighted by Crippen LogP contribution is -2.15. The average Bonchev–Trinajstić information content (AvgIpc) is 2.63. The molecule has 0 amide bonds. The van der Waals surface area contributed by atoms with E-state index in [1.54, 1.807) is 4.68 Å². The molecule has 114 valence electrons. The second-order valence-corrected chi connectivity index (χ2v) is 6.50. The Morgan fingerprint density at radius 1 is 1.43 bits per heavy atom. The van der Waals surface area contributed by atoms with Crippen LogP contribution < -0.4 is 5.32 Å². The van der Waals surface area contributed by atoms with Gasteiger partial charge in [0.25, 0.3) is 0 Å². The largest absolute Gasteiger partial charge is 0.478 e. The molecule has 0 aliphatic carbocycles. The normalized spacial score (nSPS) is 11.9. The van der Waals surface area contributed by atoms with Crippen molar-refractivity contribution < 1.29 is 9.90 Å². The predicted molar refractivity (Wildman–Crippen MR) is 82.8 cm³/mol. The zero-order valence-electron chi connectivity index (χ0n) is 13.2. The molecule has 0 aromatic carbocycles. The highest BCUT2D eigenvalue weighted by molar-refractivity contribution is 6.04. The van der Waals surface area contributed by atoms with Crippen LogP contribution in [-0.4, -0.2) is 32.4 Å². The van der Waals surface area contributed by atoms with Crippen LogP contribution >= 0.6 is 0 Å². The summed E-state index contributed by atoms with van der Waals surface area (Å²) in [5.41, 5.74) is 2.46. The number of aromatic carboxylic acids is 1. The average molecular weight is 290 g/mol. The maximum Gasteiger partial charge on any atom is 0.339 e. The number of rotatable bonds is 4. The summed E-state index contributed by atoms with van der Waals surface area (Å²) in [6.07, 6.45) is 2.33. The van der Waals surface area contributed by atoms with Crippen LogP contribution in [0.15, 0.2) is 6.20 Å². The molecule has 0 aliphatic rings. The van der Waals surface area contributed by atoms with E-state index in [-0.39, 0.29) is 11.0 Å². The van der Waals surface area contributed by atoms with Gasteiger partial charge in [-0.2, -0.15) is 5.10 Å². The summed E-state index contributed by atoms with van der Waals surface area (Å²) < 4.78 is 1.67. The van der Waals surface area contributed by atoms with E-state index in [1.165, 1.54) is 6.20 Å². The van der Waals surface area contributed by atoms with E-state index in [1.807, 2.05) is 14.0 Å². The Morgan fingerprint density at radius 2 is 2.10 bits per heavy atom. The molecule has 2 aromatic rings. The third kappa shape index (κ3) is 3.15. The molecule has 0 atom stereocenters. The molecule has 2 N–H and O–H groups in total. The number of nitrogens with zero attached hydrogens (tertiary/aromatic N) is 3. The molecular formula is C15H22N4O2. The summed E-state index contributed by atoms with van der Waals surface area (Å²) in [6, 6.07) is 0. The Kier molecular flexibility index (Phi) is 3.89. The number of fused-ring (bicyclic) bond motifs is 1. The summed E-state index contributed by atoms with van der Waals surface area (Å²) >= 11 is 0. The fraction of sp³-hybridized carbons (Fsp3) is 0.533. The molecule has 21 heavy (non-hydrogen) atoms. The molecule has 2 heterocycles. The number of carbonyl (C=O) groups is 1. The molecule has 0 saturated heterocycles. The Labute approximate surface area is 124 Å². The highest BCUT2D eigenvalue weighted by Gasteiger charge is 2.19. The number of hydrogen-bond donors (Lipinski definition) is 2. The van der Waals surface area contributed by atoms with Crippen molar-refractivity contribution in [3.8, 4) is 0 Å². The second kappa shape index (κ2) is 5.35. The fourth-order valence-corrected chi connectivity index (χ4v) is 2.32. The third-order valence-corrected chi connectivity index (χ3v) is 3.43. The van der Waals surface area contributed by atoms with Crippen LogP contribution in [0.5, 0.6) is 0 Å². The first kappa shape index (κ1) is 15.3. The van der Waals surface area contributed by atoms with Gasteiger partial charge in [-0.25, -0.2) is 9.78 Å². The zero-order chi connectivity index (χ0) is 15.8. The first-order valence-electron chi connectivity index (χ1n) is 7.00. The Bertz CT molecular complexity index is 683. The van der Waals surface area contributed by atoms with Crippen molar-refractivity contribution in [1.29, 1.82) is 0 Å². The standard InChI is InChI=1S/C15H22N4O2/c1-9-11-12(16-7-6-15(2,3)4)10(14(20)21)8-17-13(11)19(5)18-9/h8H,6-7H2,1-5H3,(H,16,17)(H,20,21). The molecule has 6 heteroatoms. The van der Waals surface area contributed by atoms with E-state index < -0.39 is 5.97 Å². The molecular weight excluding hydrogens is 268 g/mol. The molecule has 0 unspecified atom stereocenters. The van der Waals surface area contributed by atoms with Gasteiger partial charge in [0, 0.05) is 19.8 Å². The van der Waals surface area contributed by atoms with Crippen molar-refractivity contribution in [3.05, 3.63) is 17.5 Å². The summed E-state index contributed by atoms with van der Waals surface area (Å²) in [7, 11) is 1.81. The first-order valence-corrected chi connectivity index (χ1v) is 7.00. The van der Waals surface area contributed by atoms with Crippen molar-refractivity contribution in [2.45, 2.75) is 34.1 Å². The fourth-order valence-electron chi connectivity index (χ4n) is 2.32. The van der Waals surface area contributed by atoms with Gasteiger partial charge in [-0.05, 0) is 18.8 Å². The van der Waals surface area contributed by atoms with E-state index in [4.69, 9.17) is 0 Å². The molecule has 0 saturated carbocycles. The summed E-state index contributed by atoms with van der Waals surface area (Å²) in [4.78, 5) is 15.7. The summed E-state index contributed by atoms with van der Waals surface area (Å²) in [5.74, 6) is -0.981. The van der Waals surface area contributed by atoms with Gasteiger partial charge < -0.3 is 10.4 Å². The van der Waals surface area contributed by atoms with Crippen molar-refractivity contribution in [2.75, 3.05) is 11.9 Å². The van der Waals surface area contributed by atoms with Crippen molar-refractivity contribution >= 4 is 22.7 Å². The van der Waals surface area contributed by atoms with Crippen LogP contribution in [0.25, 0.3) is 11.0 Å². The minimum Gasteiger partial charge on any atom is -0.478 e. The number of aryl methyl sites for hydroxylation is 2. The molecule has 2 rings (SSSR count). The van der Waals surface area contributed by atoms with Crippen LogP contribution in [0.1, 0.15) is 43.2 Å². The lowest BCUT2D eigenvalue weighted by Gasteiger charge is -2.19. The third-order valence-electron chi connectivity index (χ3n) is 3.43. The Morgan fingerprint density at radius 3 is 2.67 bits per heavy atom. The van der Waals surface area contributed by atoms with Gasteiger partial charge in [-0.3, -0.25) is 4.68 Å². The Hall–Kier alpha value is -2.11. The molecule has 2 aromatic heterocycles. The maximum absolute atomic E-state index is 11.4. The number of aromatic nitrogens is 3.